The summed E-state index contributed by atoms with van der Waals surface area (Å²) in [6.07, 6.45) is -7.54. The van der Waals surface area contributed by atoms with Gasteiger partial charge in [0.05, 0.1) is 12.7 Å². The number of sulfonamides is 1. The number of halogens is 5. The van der Waals surface area contributed by atoms with E-state index in [1.807, 2.05) is 0 Å². The Morgan fingerprint density at radius 1 is 1.24 bits per heavy atom. The molecule has 0 radical (unpaired) electrons. The standard InChI is InChI=1S/C16H13ClF4N4O3S/c1-28-15-9(12(18)13(19)14(20)21)5-23-16(24-15)25-29(26,27)11-6-22-10-4-7(17)2-3-8(10)11/h2-6,12-14,22H,1H3,(H,23,24,25). The van der Waals surface area contributed by atoms with Crippen LogP contribution in [0.3, 0.4) is 0 Å². The molecule has 2 heterocycles. The lowest BCUT2D eigenvalue weighted by Gasteiger charge is -2.15. The summed E-state index contributed by atoms with van der Waals surface area (Å²) in [5, 5.41) is 0.738. The Bertz CT molecular complexity index is 1140. The van der Waals surface area contributed by atoms with Gasteiger partial charge in [0.15, 0.2) is 12.3 Å². The van der Waals surface area contributed by atoms with Crippen molar-refractivity contribution in [2.45, 2.75) is 23.7 Å². The topological polar surface area (TPSA) is 97.0 Å². The molecule has 0 saturated heterocycles. The van der Waals surface area contributed by atoms with E-state index in [-0.39, 0.29) is 4.90 Å². The average Bonchev–Trinajstić information content (AvgIpc) is 3.10. The van der Waals surface area contributed by atoms with Gasteiger partial charge in [0, 0.05) is 28.3 Å². The number of hydrogen-bond donors (Lipinski definition) is 2. The van der Waals surface area contributed by atoms with Crippen LogP contribution in [0.4, 0.5) is 23.5 Å². The number of nitrogens with zero attached hydrogens (tertiary/aromatic N) is 2. The molecule has 156 valence electrons. The van der Waals surface area contributed by atoms with E-state index in [0.717, 1.165) is 7.11 Å². The maximum atomic E-state index is 14.0. The molecule has 0 bridgehead atoms. The fraction of sp³-hybridized carbons (Fsp3) is 0.250. The number of aromatic amines is 1. The van der Waals surface area contributed by atoms with Gasteiger partial charge in [-0.2, -0.15) is 4.98 Å². The molecule has 3 aromatic rings. The maximum Gasteiger partial charge on any atom is 0.272 e. The van der Waals surface area contributed by atoms with Crippen molar-refractivity contribution in [2.24, 2.45) is 0 Å². The van der Waals surface area contributed by atoms with Gasteiger partial charge in [-0.3, -0.25) is 0 Å². The highest BCUT2D eigenvalue weighted by Gasteiger charge is 2.34. The Kier molecular flexibility index (Phi) is 5.85. The number of benzene rings is 1. The van der Waals surface area contributed by atoms with Crippen LogP contribution in [0.25, 0.3) is 10.9 Å². The van der Waals surface area contributed by atoms with E-state index in [0.29, 0.717) is 22.1 Å². The van der Waals surface area contributed by atoms with Gasteiger partial charge in [-0.15, -0.1) is 0 Å². The highest BCUT2D eigenvalue weighted by molar-refractivity contribution is 7.93. The number of anilines is 1. The quantitative estimate of drug-likeness (QED) is 0.527. The third kappa shape index (κ3) is 4.22. The molecule has 29 heavy (non-hydrogen) atoms. The molecule has 13 heteroatoms. The average molecular weight is 453 g/mol. The first-order chi connectivity index (χ1) is 13.6. The van der Waals surface area contributed by atoms with Crippen LogP contribution in [0, 0.1) is 0 Å². The van der Waals surface area contributed by atoms with E-state index in [9.17, 15) is 26.0 Å². The van der Waals surface area contributed by atoms with E-state index in [2.05, 4.69) is 19.7 Å². The second kappa shape index (κ2) is 8.03. The molecule has 0 fully saturated rings. The SMILES string of the molecule is COc1nc(NS(=O)(=O)c2c[nH]c3cc(Cl)ccc23)ncc1C(F)C(F)C(F)F. The third-order valence-electron chi connectivity index (χ3n) is 3.91. The largest absolute Gasteiger partial charge is 0.481 e. The van der Waals surface area contributed by atoms with Gasteiger partial charge in [-0.25, -0.2) is 35.7 Å². The van der Waals surface area contributed by atoms with Gasteiger partial charge in [-0.1, -0.05) is 11.6 Å². The summed E-state index contributed by atoms with van der Waals surface area (Å²) in [5.41, 5.74) is -0.210. The zero-order chi connectivity index (χ0) is 21.3. The summed E-state index contributed by atoms with van der Waals surface area (Å²) in [4.78, 5) is 9.83. The number of fused-ring (bicyclic) bond motifs is 1. The number of H-pyrrole nitrogens is 1. The van der Waals surface area contributed by atoms with Crippen LogP contribution in [0.5, 0.6) is 5.88 Å². The Labute approximate surface area is 167 Å². The molecule has 2 aromatic heterocycles. The van der Waals surface area contributed by atoms with Gasteiger partial charge in [-0.05, 0) is 18.2 Å². The first-order valence-corrected chi connectivity index (χ1v) is 9.77. The van der Waals surface area contributed by atoms with E-state index in [4.69, 9.17) is 16.3 Å². The van der Waals surface area contributed by atoms with Crippen LogP contribution in [-0.4, -0.2) is 43.1 Å². The van der Waals surface area contributed by atoms with Gasteiger partial charge in [0.25, 0.3) is 16.4 Å². The van der Waals surface area contributed by atoms with Crippen molar-refractivity contribution in [3.8, 4) is 5.88 Å². The summed E-state index contributed by atoms with van der Waals surface area (Å²) >= 11 is 5.86. The Morgan fingerprint density at radius 2 is 1.97 bits per heavy atom. The van der Waals surface area contributed by atoms with E-state index in [1.165, 1.54) is 24.4 Å². The van der Waals surface area contributed by atoms with Crippen molar-refractivity contribution in [1.82, 2.24) is 15.0 Å². The van der Waals surface area contributed by atoms with Crippen molar-refractivity contribution in [3.63, 3.8) is 0 Å². The Hall–Kier alpha value is -2.60. The van der Waals surface area contributed by atoms with Gasteiger partial charge >= 0.3 is 0 Å². The molecule has 0 saturated carbocycles. The zero-order valence-corrected chi connectivity index (χ0v) is 16.1. The third-order valence-corrected chi connectivity index (χ3v) is 5.52. The number of alkyl halides is 4. The van der Waals surface area contributed by atoms with E-state index >= 15 is 0 Å². The normalized spacial score (nSPS) is 14.2. The predicted molar refractivity (Wildman–Crippen MR) is 97.5 cm³/mol. The maximum absolute atomic E-state index is 14.0. The van der Waals surface area contributed by atoms with E-state index < -0.39 is 46.2 Å². The lowest BCUT2D eigenvalue weighted by Crippen LogP contribution is -2.20. The smallest absolute Gasteiger partial charge is 0.272 e. The molecule has 0 spiro atoms. The van der Waals surface area contributed by atoms with Crippen molar-refractivity contribution in [2.75, 3.05) is 11.8 Å². The molecular weight excluding hydrogens is 440 g/mol. The Morgan fingerprint density at radius 3 is 2.62 bits per heavy atom. The van der Waals surface area contributed by atoms with Crippen molar-refractivity contribution >= 4 is 38.5 Å². The molecule has 0 aliphatic rings. The van der Waals surface area contributed by atoms with E-state index in [1.54, 1.807) is 0 Å². The van der Waals surface area contributed by atoms with Crippen molar-refractivity contribution in [3.05, 3.63) is 41.2 Å². The summed E-state index contributed by atoms with van der Waals surface area (Å²) in [7, 11) is -3.15. The fourth-order valence-electron chi connectivity index (χ4n) is 2.55. The first-order valence-electron chi connectivity index (χ1n) is 7.90. The summed E-state index contributed by atoms with van der Waals surface area (Å²) in [6, 6.07) is 4.53. The Balaban J connectivity index is 1.93. The number of aromatic nitrogens is 3. The lowest BCUT2D eigenvalue weighted by molar-refractivity contribution is 0.00193. The monoisotopic (exact) mass is 452 g/mol. The minimum absolute atomic E-state index is 0.138. The van der Waals surface area contributed by atoms with Crippen LogP contribution in [0.2, 0.25) is 5.02 Å². The van der Waals surface area contributed by atoms with Crippen LogP contribution >= 0.6 is 11.6 Å². The van der Waals surface area contributed by atoms with Crippen molar-refractivity contribution < 1.29 is 30.7 Å². The summed E-state index contributed by atoms with van der Waals surface area (Å²) < 4.78 is 84.2. The molecule has 2 unspecified atom stereocenters. The molecule has 0 amide bonds. The molecule has 2 atom stereocenters. The minimum atomic E-state index is -4.19. The number of rotatable bonds is 7. The second-order valence-electron chi connectivity index (χ2n) is 5.79. The van der Waals surface area contributed by atoms with Crippen LogP contribution < -0.4 is 9.46 Å². The van der Waals surface area contributed by atoms with Crippen LogP contribution in [-0.2, 0) is 10.0 Å². The van der Waals surface area contributed by atoms with Gasteiger partial charge in [0.2, 0.25) is 11.8 Å². The molecule has 1 aromatic carbocycles. The van der Waals surface area contributed by atoms with Crippen molar-refractivity contribution in [1.29, 1.82) is 0 Å². The second-order valence-corrected chi connectivity index (χ2v) is 7.87. The summed E-state index contributed by atoms with van der Waals surface area (Å²) in [6.45, 7) is 0. The lowest BCUT2D eigenvalue weighted by atomic mass is 10.1. The summed E-state index contributed by atoms with van der Waals surface area (Å²) in [5.74, 6) is -1.10. The molecule has 0 aliphatic carbocycles. The number of ether oxygens (including phenoxy) is 1. The first kappa shape index (κ1) is 21.1. The molecule has 2 N–H and O–H groups in total. The molecule has 0 aliphatic heterocycles. The van der Waals surface area contributed by atoms with Crippen LogP contribution in [0.1, 0.15) is 11.7 Å². The highest BCUT2D eigenvalue weighted by atomic mass is 35.5. The number of nitrogens with one attached hydrogen (secondary N) is 2. The zero-order valence-electron chi connectivity index (χ0n) is 14.5. The number of hydrogen-bond acceptors (Lipinski definition) is 5. The highest BCUT2D eigenvalue weighted by Crippen LogP contribution is 2.33. The molecule has 7 nitrogen and oxygen atoms in total. The fourth-order valence-corrected chi connectivity index (χ4v) is 3.85. The molecule has 3 rings (SSSR count). The van der Waals surface area contributed by atoms with Crippen LogP contribution in [0.15, 0.2) is 35.5 Å². The van der Waals surface area contributed by atoms with Gasteiger partial charge in [0.1, 0.15) is 4.90 Å². The molecular formula is C16H13ClF4N4O3S. The minimum Gasteiger partial charge on any atom is -0.481 e. The van der Waals surface area contributed by atoms with Gasteiger partial charge < -0.3 is 9.72 Å². The predicted octanol–water partition coefficient (Wildman–Crippen LogP) is 4.03. The number of methoxy groups -OCH3 is 1.